The number of fused-ring (bicyclic) bond motifs is 1. The molecule has 1 unspecified atom stereocenters. The molecule has 22 heavy (non-hydrogen) atoms. The van der Waals surface area contributed by atoms with E-state index in [4.69, 9.17) is 4.84 Å². The zero-order valence-electron chi connectivity index (χ0n) is 14.6. The summed E-state index contributed by atoms with van der Waals surface area (Å²) in [5.74, 6) is 1.11. The number of piperidine rings is 1. The van der Waals surface area contributed by atoms with Crippen molar-refractivity contribution in [3.63, 3.8) is 0 Å². The largest absolute Gasteiger partial charge is 0.297 e. The highest BCUT2D eigenvalue weighted by Gasteiger charge is 2.44. The Morgan fingerprint density at radius 1 is 1.05 bits per heavy atom. The first kappa shape index (κ1) is 16.4. The van der Waals surface area contributed by atoms with Gasteiger partial charge in [-0.1, -0.05) is 25.1 Å². The molecule has 2 heterocycles. The molecule has 0 aromatic heterocycles. The predicted molar refractivity (Wildman–Crippen MR) is 94.3 cm³/mol. The van der Waals surface area contributed by atoms with E-state index in [-0.39, 0.29) is 16.5 Å². The zero-order valence-corrected chi connectivity index (χ0v) is 15.4. The molecule has 1 atom stereocenters. The molecule has 1 saturated heterocycles. The number of thioether (sulfide) groups is 1. The van der Waals surface area contributed by atoms with Crippen LogP contribution in [0.4, 0.5) is 0 Å². The maximum absolute atomic E-state index is 6.48. The Morgan fingerprint density at radius 2 is 1.68 bits per heavy atom. The number of hydrogen-bond acceptors (Lipinski definition) is 3. The first-order chi connectivity index (χ1) is 10.2. The van der Waals surface area contributed by atoms with Crippen molar-refractivity contribution in [2.45, 2.75) is 75.3 Å². The third kappa shape index (κ3) is 2.83. The minimum Gasteiger partial charge on any atom is -0.297 e. The topological polar surface area (TPSA) is 12.5 Å². The molecule has 1 aromatic carbocycles. The van der Waals surface area contributed by atoms with Crippen LogP contribution in [0.2, 0.25) is 0 Å². The summed E-state index contributed by atoms with van der Waals surface area (Å²) in [4.78, 5) is 7.90. The van der Waals surface area contributed by atoms with Gasteiger partial charge in [0.1, 0.15) is 0 Å². The summed E-state index contributed by atoms with van der Waals surface area (Å²) >= 11 is 1.96. The van der Waals surface area contributed by atoms with Crippen molar-refractivity contribution in [2.75, 3.05) is 12.4 Å². The van der Waals surface area contributed by atoms with Gasteiger partial charge in [-0.05, 0) is 58.6 Å². The van der Waals surface area contributed by atoms with Gasteiger partial charge in [0.2, 0.25) is 0 Å². The van der Waals surface area contributed by atoms with Gasteiger partial charge < -0.3 is 0 Å². The fourth-order valence-corrected chi connectivity index (χ4v) is 5.42. The van der Waals surface area contributed by atoms with Crippen molar-refractivity contribution in [1.29, 1.82) is 0 Å². The maximum atomic E-state index is 6.48. The van der Waals surface area contributed by atoms with Crippen LogP contribution in [-0.2, 0) is 10.3 Å². The van der Waals surface area contributed by atoms with Gasteiger partial charge in [-0.15, -0.1) is 11.8 Å². The van der Waals surface area contributed by atoms with Gasteiger partial charge in [0.25, 0.3) is 0 Å². The molecule has 0 aliphatic carbocycles. The van der Waals surface area contributed by atoms with Crippen LogP contribution in [0.5, 0.6) is 0 Å². The van der Waals surface area contributed by atoms with Gasteiger partial charge in [0, 0.05) is 27.1 Å². The van der Waals surface area contributed by atoms with Crippen LogP contribution in [0.3, 0.4) is 0 Å². The van der Waals surface area contributed by atoms with Crippen LogP contribution >= 0.6 is 11.8 Å². The molecule has 122 valence electrons. The number of hydroxylamine groups is 2. The molecule has 2 nitrogen and oxygen atoms in total. The molecule has 0 amide bonds. The third-order valence-electron chi connectivity index (χ3n) is 5.27. The number of nitrogens with zero attached hydrogens (tertiary/aromatic N) is 1. The van der Waals surface area contributed by atoms with E-state index >= 15 is 0 Å². The molecule has 1 aromatic rings. The second-order valence-corrected chi connectivity index (χ2v) is 9.41. The SMILES string of the molecule is CC1(CON2C(C)(C)CCCC2(C)C)CSc2ccccc21. The summed E-state index contributed by atoms with van der Waals surface area (Å²) in [7, 11) is 0. The van der Waals surface area contributed by atoms with Crippen molar-refractivity contribution in [1.82, 2.24) is 5.06 Å². The summed E-state index contributed by atoms with van der Waals surface area (Å²) in [5.41, 5.74) is 1.80. The Labute approximate surface area is 139 Å². The highest BCUT2D eigenvalue weighted by molar-refractivity contribution is 7.99. The second-order valence-electron chi connectivity index (χ2n) is 8.39. The van der Waals surface area contributed by atoms with E-state index in [9.17, 15) is 0 Å². The zero-order chi connectivity index (χ0) is 16.0. The van der Waals surface area contributed by atoms with Crippen LogP contribution in [-0.4, -0.2) is 28.5 Å². The lowest BCUT2D eigenvalue weighted by molar-refractivity contribution is -0.286. The van der Waals surface area contributed by atoms with Crippen LogP contribution < -0.4 is 0 Å². The van der Waals surface area contributed by atoms with Crippen molar-refractivity contribution in [2.24, 2.45) is 0 Å². The standard InChI is InChI=1S/C19H29NOS/c1-17(2)11-8-12-18(3,4)20(17)21-13-19(5)14-22-16-10-7-6-9-15(16)19/h6-7,9-10H,8,11-14H2,1-5H3. The number of hydrogen-bond donors (Lipinski definition) is 0. The molecule has 1 fully saturated rings. The van der Waals surface area contributed by atoms with Crippen molar-refractivity contribution in [3.8, 4) is 0 Å². The van der Waals surface area contributed by atoms with E-state index in [2.05, 4.69) is 63.9 Å². The molecule has 0 spiro atoms. The van der Waals surface area contributed by atoms with Gasteiger partial charge in [0.15, 0.2) is 0 Å². The summed E-state index contributed by atoms with van der Waals surface area (Å²) in [6.45, 7) is 12.4. The Kier molecular flexibility index (Phi) is 4.12. The van der Waals surface area contributed by atoms with Crippen LogP contribution in [0.1, 0.15) is 59.4 Å². The van der Waals surface area contributed by atoms with E-state index in [0.29, 0.717) is 0 Å². The summed E-state index contributed by atoms with van der Waals surface area (Å²) in [6, 6.07) is 8.79. The fourth-order valence-electron chi connectivity index (χ4n) is 4.06. The summed E-state index contributed by atoms with van der Waals surface area (Å²) < 4.78 is 0. The van der Waals surface area contributed by atoms with E-state index in [0.717, 1.165) is 12.4 Å². The summed E-state index contributed by atoms with van der Waals surface area (Å²) in [6.07, 6.45) is 3.70. The van der Waals surface area contributed by atoms with E-state index in [1.807, 2.05) is 11.8 Å². The molecular weight excluding hydrogens is 290 g/mol. The lowest BCUT2D eigenvalue weighted by Crippen LogP contribution is -2.59. The Balaban J connectivity index is 1.77. The molecule has 0 N–H and O–H groups in total. The van der Waals surface area contributed by atoms with Crippen molar-refractivity contribution < 1.29 is 4.84 Å². The molecule has 0 bridgehead atoms. The fraction of sp³-hybridized carbons (Fsp3) is 0.684. The first-order valence-electron chi connectivity index (χ1n) is 8.40. The average molecular weight is 320 g/mol. The smallest absolute Gasteiger partial charge is 0.0788 e. The highest BCUT2D eigenvalue weighted by Crippen LogP contribution is 2.45. The number of benzene rings is 1. The Bertz CT molecular complexity index is 538. The first-order valence-corrected chi connectivity index (χ1v) is 9.39. The molecule has 0 radical (unpaired) electrons. The Morgan fingerprint density at radius 3 is 2.36 bits per heavy atom. The van der Waals surface area contributed by atoms with E-state index in [1.165, 1.54) is 29.7 Å². The van der Waals surface area contributed by atoms with E-state index in [1.54, 1.807) is 0 Å². The normalized spacial score (nSPS) is 30.2. The number of rotatable bonds is 3. The van der Waals surface area contributed by atoms with Gasteiger partial charge in [0.05, 0.1) is 6.61 Å². The van der Waals surface area contributed by atoms with Crippen LogP contribution in [0.15, 0.2) is 29.2 Å². The van der Waals surface area contributed by atoms with Crippen LogP contribution in [0, 0.1) is 0 Å². The van der Waals surface area contributed by atoms with Crippen molar-refractivity contribution in [3.05, 3.63) is 29.8 Å². The molecule has 2 aliphatic heterocycles. The monoisotopic (exact) mass is 319 g/mol. The minimum atomic E-state index is 0.114. The van der Waals surface area contributed by atoms with Gasteiger partial charge in [-0.2, -0.15) is 5.06 Å². The quantitative estimate of drug-likeness (QED) is 0.776. The lowest BCUT2D eigenvalue weighted by atomic mass is 9.82. The van der Waals surface area contributed by atoms with E-state index < -0.39 is 0 Å². The molecule has 2 aliphatic rings. The predicted octanol–water partition coefficient (Wildman–Crippen LogP) is 5.02. The van der Waals surface area contributed by atoms with Gasteiger partial charge >= 0.3 is 0 Å². The molecular formula is C19H29NOS. The minimum absolute atomic E-state index is 0.114. The van der Waals surface area contributed by atoms with Crippen LogP contribution in [0.25, 0.3) is 0 Å². The molecule has 0 saturated carbocycles. The third-order valence-corrected chi connectivity index (χ3v) is 6.72. The highest BCUT2D eigenvalue weighted by atomic mass is 32.2. The van der Waals surface area contributed by atoms with Gasteiger partial charge in [-0.3, -0.25) is 4.84 Å². The van der Waals surface area contributed by atoms with Gasteiger partial charge in [-0.25, -0.2) is 0 Å². The van der Waals surface area contributed by atoms with Crippen molar-refractivity contribution >= 4 is 11.8 Å². The molecule has 3 rings (SSSR count). The lowest BCUT2D eigenvalue weighted by Gasteiger charge is -2.52. The summed E-state index contributed by atoms with van der Waals surface area (Å²) in [5, 5.41) is 2.29. The maximum Gasteiger partial charge on any atom is 0.0788 e. The molecule has 3 heteroatoms. The Hall–Kier alpha value is -0.510. The second kappa shape index (κ2) is 5.54. The average Bonchev–Trinajstić information content (AvgIpc) is 2.75.